The molecule has 0 aliphatic heterocycles. The number of fused-ring (bicyclic) bond motifs is 1. The number of carbonyl (C=O) groups is 1. The second-order valence-electron chi connectivity index (χ2n) is 6.20. The lowest BCUT2D eigenvalue weighted by molar-refractivity contribution is 0.0943. The maximum atomic E-state index is 12.7. The molecule has 27 heavy (non-hydrogen) atoms. The van der Waals surface area contributed by atoms with Crippen molar-refractivity contribution >= 4 is 38.2 Å². The van der Waals surface area contributed by atoms with Gasteiger partial charge in [0.25, 0.3) is 5.91 Å². The number of nitrogens with zero attached hydrogens (tertiary/aromatic N) is 2. The molecule has 0 saturated carbocycles. The Morgan fingerprint density at radius 3 is 2.70 bits per heavy atom. The summed E-state index contributed by atoms with van der Waals surface area (Å²) in [6.45, 7) is 4.66. The highest BCUT2D eigenvalue weighted by Crippen LogP contribution is 2.25. The van der Waals surface area contributed by atoms with Gasteiger partial charge in [-0.05, 0) is 35.7 Å². The van der Waals surface area contributed by atoms with Gasteiger partial charge >= 0.3 is 0 Å². The highest BCUT2D eigenvalue weighted by molar-refractivity contribution is 7.89. The number of hydrogen-bond acceptors (Lipinski definition) is 4. The van der Waals surface area contributed by atoms with Crippen LogP contribution in [-0.2, 0) is 23.1 Å². The molecule has 3 rings (SSSR count). The summed E-state index contributed by atoms with van der Waals surface area (Å²) in [6, 6.07) is 10.5. The van der Waals surface area contributed by atoms with Crippen molar-refractivity contribution in [2.24, 2.45) is 0 Å². The van der Waals surface area contributed by atoms with Crippen molar-refractivity contribution in [3.63, 3.8) is 0 Å². The van der Waals surface area contributed by atoms with E-state index < -0.39 is 10.0 Å². The van der Waals surface area contributed by atoms with Crippen molar-refractivity contribution in [2.75, 3.05) is 14.1 Å². The van der Waals surface area contributed by atoms with E-state index in [1.165, 1.54) is 18.4 Å². The maximum absolute atomic E-state index is 12.7. The topological polar surface area (TPSA) is 71.4 Å². The van der Waals surface area contributed by atoms with Gasteiger partial charge in [0.15, 0.2) is 0 Å². The molecule has 1 N–H and O–H groups in total. The summed E-state index contributed by atoms with van der Waals surface area (Å²) in [5.74, 6) is -0.210. The molecule has 6 nitrogen and oxygen atoms in total. The summed E-state index contributed by atoms with van der Waals surface area (Å²) in [7, 11) is -0.556. The molecule has 0 unspecified atom stereocenters. The Kier molecular flexibility index (Phi) is 5.50. The van der Waals surface area contributed by atoms with E-state index in [2.05, 4.69) is 11.9 Å². The van der Waals surface area contributed by atoms with Crippen LogP contribution in [0.2, 0.25) is 0 Å². The third kappa shape index (κ3) is 3.83. The van der Waals surface area contributed by atoms with Crippen LogP contribution in [0.15, 0.2) is 59.3 Å². The zero-order valence-corrected chi connectivity index (χ0v) is 16.8. The van der Waals surface area contributed by atoms with Crippen molar-refractivity contribution in [3.05, 3.63) is 65.0 Å². The molecular formula is C19H21N3O3S2. The van der Waals surface area contributed by atoms with Crippen LogP contribution in [0.1, 0.15) is 15.4 Å². The summed E-state index contributed by atoms with van der Waals surface area (Å²) < 4.78 is 27.8. The number of rotatable bonds is 7. The normalized spacial score (nSPS) is 11.8. The van der Waals surface area contributed by atoms with Gasteiger partial charge in [0.2, 0.25) is 10.0 Å². The van der Waals surface area contributed by atoms with Crippen LogP contribution in [-0.4, -0.2) is 37.3 Å². The standard InChI is InChI=1S/C19H21N3O3S2/c1-4-9-22-17-8-7-16(27(24,25)21(2)3)11-14(17)12-18(22)19(23)20-13-15-6-5-10-26-15/h4-8,10-12H,1,9,13H2,2-3H3,(H,20,23). The van der Waals surface area contributed by atoms with Crippen molar-refractivity contribution < 1.29 is 13.2 Å². The Balaban J connectivity index is 2.00. The van der Waals surface area contributed by atoms with Gasteiger partial charge in [-0.25, -0.2) is 12.7 Å². The largest absolute Gasteiger partial charge is 0.346 e. The van der Waals surface area contributed by atoms with E-state index in [0.29, 0.717) is 24.2 Å². The fourth-order valence-electron chi connectivity index (χ4n) is 2.81. The van der Waals surface area contributed by atoms with Crippen LogP contribution in [0, 0.1) is 0 Å². The number of carbonyl (C=O) groups excluding carboxylic acids is 1. The van der Waals surface area contributed by atoms with Crippen molar-refractivity contribution in [1.29, 1.82) is 0 Å². The quantitative estimate of drug-likeness (QED) is 0.616. The van der Waals surface area contributed by atoms with Gasteiger partial charge < -0.3 is 9.88 Å². The Morgan fingerprint density at radius 1 is 1.30 bits per heavy atom. The molecule has 0 atom stereocenters. The minimum absolute atomic E-state index is 0.196. The molecule has 0 radical (unpaired) electrons. The van der Waals surface area contributed by atoms with Gasteiger partial charge in [-0.3, -0.25) is 4.79 Å². The Hall–Kier alpha value is -2.42. The van der Waals surface area contributed by atoms with Crippen LogP contribution in [0.5, 0.6) is 0 Å². The second-order valence-corrected chi connectivity index (χ2v) is 9.38. The lowest BCUT2D eigenvalue weighted by Gasteiger charge is -2.12. The molecular weight excluding hydrogens is 382 g/mol. The number of sulfonamides is 1. The molecule has 0 saturated heterocycles. The lowest BCUT2D eigenvalue weighted by Crippen LogP contribution is -2.25. The monoisotopic (exact) mass is 403 g/mol. The van der Waals surface area contributed by atoms with Crippen LogP contribution < -0.4 is 5.32 Å². The smallest absolute Gasteiger partial charge is 0.268 e. The number of nitrogens with one attached hydrogen (secondary N) is 1. The maximum Gasteiger partial charge on any atom is 0.268 e. The number of allylic oxidation sites excluding steroid dienone is 1. The Morgan fingerprint density at radius 2 is 2.07 bits per heavy atom. The molecule has 0 fully saturated rings. The van der Waals surface area contributed by atoms with E-state index in [4.69, 9.17) is 0 Å². The number of thiophene rings is 1. The predicted octanol–water partition coefficient (Wildman–Crippen LogP) is 3.07. The molecule has 142 valence electrons. The summed E-state index contributed by atoms with van der Waals surface area (Å²) in [6.07, 6.45) is 1.71. The summed E-state index contributed by atoms with van der Waals surface area (Å²) >= 11 is 1.58. The van der Waals surface area contributed by atoms with Crippen LogP contribution in [0.4, 0.5) is 0 Å². The van der Waals surface area contributed by atoms with Gasteiger partial charge in [0, 0.05) is 36.4 Å². The second kappa shape index (κ2) is 7.67. The minimum atomic E-state index is -3.54. The van der Waals surface area contributed by atoms with Crippen LogP contribution in [0.3, 0.4) is 0 Å². The van der Waals surface area contributed by atoms with Crippen molar-refractivity contribution in [2.45, 2.75) is 18.0 Å². The van der Waals surface area contributed by atoms with Gasteiger partial charge in [-0.15, -0.1) is 17.9 Å². The van der Waals surface area contributed by atoms with E-state index in [0.717, 1.165) is 10.4 Å². The van der Waals surface area contributed by atoms with Gasteiger partial charge in [-0.2, -0.15) is 0 Å². The third-order valence-corrected chi connectivity index (χ3v) is 6.89. The summed E-state index contributed by atoms with van der Waals surface area (Å²) in [4.78, 5) is 14.0. The Bertz CT molecular complexity index is 1080. The predicted molar refractivity (Wildman–Crippen MR) is 108 cm³/mol. The lowest BCUT2D eigenvalue weighted by atomic mass is 10.2. The SMILES string of the molecule is C=CCn1c(C(=O)NCc2cccs2)cc2cc(S(=O)(=O)N(C)C)ccc21. The first-order valence-corrected chi connectivity index (χ1v) is 10.6. The Labute approximate surface area is 162 Å². The molecule has 0 bridgehead atoms. The average molecular weight is 404 g/mol. The number of amides is 1. The van der Waals surface area contributed by atoms with Gasteiger partial charge in [0.1, 0.15) is 5.69 Å². The summed E-state index contributed by atoms with van der Waals surface area (Å²) in [5.41, 5.74) is 1.26. The molecule has 2 aromatic heterocycles. The number of hydrogen-bond donors (Lipinski definition) is 1. The zero-order valence-electron chi connectivity index (χ0n) is 15.2. The molecule has 8 heteroatoms. The molecule has 0 aliphatic carbocycles. The van der Waals surface area contributed by atoms with E-state index >= 15 is 0 Å². The first kappa shape index (κ1) is 19.3. The van der Waals surface area contributed by atoms with E-state index in [1.54, 1.807) is 41.7 Å². The molecule has 0 aliphatic rings. The van der Waals surface area contributed by atoms with Crippen molar-refractivity contribution in [3.8, 4) is 0 Å². The first-order valence-electron chi connectivity index (χ1n) is 8.32. The van der Waals surface area contributed by atoms with E-state index in [9.17, 15) is 13.2 Å². The average Bonchev–Trinajstić information content (AvgIpc) is 3.27. The first-order chi connectivity index (χ1) is 12.8. The molecule has 0 spiro atoms. The molecule has 1 amide bonds. The van der Waals surface area contributed by atoms with E-state index in [1.807, 2.05) is 22.1 Å². The number of aromatic nitrogens is 1. The van der Waals surface area contributed by atoms with Crippen molar-refractivity contribution in [1.82, 2.24) is 14.2 Å². The highest BCUT2D eigenvalue weighted by atomic mass is 32.2. The fourth-order valence-corrected chi connectivity index (χ4v) is 4.39. The molecule has 1 aromatic carbocycles. The summed E-state index contributed by atoms with van der Waals surface area (Å²) in [5, 5.41) is 5.57. The van der Waals surface area contributed by atoms with E-state index in [-0.39, 0.29) is 10.8 Å². The molecule has 3 aromatic rings. The zero-order chi connectivity index (χ0) is 19.6. The molecule has 2 heterocycles. The van der Waals surface area contributed by atoms with Gasteiger partial charge in [0.05, 0.1) is 11.4 Å². The number of benzene rings is 1. The third-order valence-electron chi connectivity index (χ3n) is 4.20. The van der Waals surface area contributed by atoms with Crippen LogP contribution in [0.25, 0.3) is 10.9 Å². The minimum Gasteiger partial charge on any atom is -0.346 e. The fraction of sp³-hybridized carbons (Fsp3) is 0.211. The van der Waals surface area contributed by atoms with Crippen LogP contribution >= 0.6 is 11.3 Å². The highest BCUT2D eigenvalue weighted by Gasteiger charge is 2.20. The van der Waals surface area contributed by atoms with Gasteiger partial charge in [-0.1, -0.05) is 12.1 Å².